The monoisotopic (exact) mass is 421 g/mol. The molecule has 162 valence electrons. The largest absolute Gasteiger partial charge is 0.444 e. The first-order valence-corrected chi connectivity index (χ1v) is 10.7. The van der Waals surface area contributed by atoms with Crippen LogP contribution < -0.4 is 5.32 Å². The number of pyridine rings is 1. The second kappa shape index (κ2) is 8.53. The third-order valence-electron chi connectivity index (χ3n) is 5.35. The number of fused-ring (bicyclic) bond motifs is 1. The summed E-state index contributed by atoms with van der Waals surface area (Å²) in [6.45, 7) is 6.91. The van der Waals surface area contributed by atoms with Crippen molar-refractivity contribution in [2.75, 3.05) is 18.4 Å². The summed E-state index contributed by atoms with van der Waals surface area (Å²) >= 11 is 0. The van der Waals surface area contributed by atoms with Gasteiger partial charge in [0.2, 0.25) is 0 Å². The van der Waals surface area contributed by atoms with Crippen LogP contribution in [0.15, 0.2) is 54.6 Å². The van der Waals surface area contributed by atoms with E-state index in [2.05, 4.69) is 11.4 Å². The number of carbonyl (C=O) groups is 1. The van der Waals surface area contributed by atoms with E-state index in [-0.39, 0.29) is 18.0 Å². The molecule has 1 aromatic heterocycles. The summed E-state index contributed by atoms with van der Waals surface area (Å²) in [6.07, 6.45) is 1.37. The average molecular weight is 422 g/mol. The normalized spacial score (nSPS) is 15.2. The lowest BCUT2D eigenvalue weighted by Crippen LogP contribution is -2.44. The molecule has 0 saturated carbocycles. The molecular formula is C25H28FN3O2. The maximum absolute atomic E-state index is 13.5. The predicted octanol–water partition coefficient (Wildman–Crippen LogP) is 5.85. The molecule has 3 aromatic rings. The van der Waals surface area contributed by atoms with Gasteiger partial charge in [-0.2, -0.15) is 0 Å². The molecule has 1 N–H and O–H groups in total. The Kier molecular flexibility index (Phi) is 5.81. The molecule has 0 radical (unpaired) electrons. The molecule has 0 unspecified atom stereocenters. The van der Waals surface area contributed by atoms with Gasteiger partial charge in [0.25, 0.3) is 0 Å². The van der Waals surface area contributed by atoms with Crippen LogP contribution in [0.2, 0.25) is 0 Å². The van der Waals surface area contributed by atoms with Crippen molar-refractivity contribution in [1.29, 1.82) is 0 Å². The standard InChI is InChI=1S/C25H28FN3O2/c1-25(2,3)31-24(30)29-14-12-20(13-15-29)27-22-16-18-6-4-5-7-21(18)28-23(22)17-8-10-19(26)11-9-17/h4-11,16,20,27H,12-15H2,1-3H3. The lowest BCUT2D eigenvalue weighted by Gasteiger charge is -2.34. The number of aromatic nitrogens is 1. The maximum Gasteiger partial charge on any atom is 0.410 e. The molecule has 2 aromatic carbocycles. The van der Waals surface area contributed by atoms with Crippen molar-refractivity contribution in [3.63, 3.8) is 0 Å². The van der Waals surface area contributed by atoms with Gasteiger partial charge in [0.05, 0.1) is 16.9 Å². The zero-order chi connectivity index (χ0) is 22.0. The molecule has 1 aliphatic rings. The van der Waals surface area contributed by atoms with Crippen molar-refractivity contribution in [1.82, 2.24) is 9.88 Å². The number of ether oxygens (including phenoxy) is 1. The van der Waals surface area contributed by atoms with E-state index in [0.29, 0.717) is 13.1 Å². The minimum atomic E-state index is -0.493. The number of hydrogen-bond donors (Lipinski definition) is 1. The molecule has 1 amide bonds. The van der Waals surface area contributed by atoms with Gasteiger partial charge in [-0.3, -0.25) is 0 Å². The first kappa shape index (κ1) is 21.1. The minimum Gasteiger partial charge on any atom is -0.444 e. The van der Waals surface area contributed by atoms with Gasteiger partial charge in [0.15, 0.2) is 0 Å². The number of benzene rings is 2. The summed E-state index contributed by atoms with van der Waals surface area (Å²) in [4.78, 5) is 19.0. The molecule has 6 heteroatoms. The van der Waals surface area contributed by atoms with Gasteiger partial charge in [-0.05, 0) is 70.0 Å². The number of para-hydroxylation sites is 1. The lowest BCUT2D eigenvalue weighted by atomic mass is 10.0. The number of nitrogens with zero attached hydrogens (tertiary/aromatic N) is 2. The molecule has 5 nitrogen and oxygen atoms in total. The van der Waals surface area contributed by atoms with Gasteiger partial charge >= 0.3 is 6.09 Å². The Bertz CT molecular complexity index is 1070. The van der Waals surface area contributed by atoms with Crippen LogP contribution in [0.4, 0.5) is 14.9 Å². The molecule has 1 saturated heterocycles. The van der Waals surface area contributed by atoms with Crippen LogP contribution in [0.25, 0.3) is 22.2 Å². The summed E-state index contributed by atoms with van der Waals surface area (Å²) in [7, 11) is 0. The number of nitrogens with one attached hydrogen (secondary N) is 1. The maximum atomic E-state index is 13.5. The van der Waals surface area contributed by atoms with E-state index in [4.69, 9.17) is 9.72 Å². The number of carbonyl (C=O) groups excluding carboxylic acids is 1. The number of likely N-dealkylation sites (tertiary alicyclic amines) is 1. The summed E-state index contributed by atoms with van der Waals surface area (Å²) in [5.41, 5.74) is 2.98. The van der Waals surface area contributed by atoms with E-state index < -0.39 is 5.60 Å². The van der Waals surface area contributed by atoms with Crippen LogP contribution in [-0.4, -0.2) is 40.7 Å². The van der Waals surface area contributed by atoms with Crippen molar-refractivity contribution in [3.05, 3.63) is 60.4 Å². The van der Waals surface area contributed by atoms with Crippen LogP contribution in [0.5, 0.6) is 0 Å². The van der Waals surface area contributed by atoms with Crippen LogP contribution in [0.3, 0.4) is 0 Å². The molecule has 0 atom stereocenters. The van der Waals surface area contributed by atoms with Crippen molar-refractivity contribution < 1.29 is 13.9 Å². The Morgan fingerprint density at radius 3 is 2.45 bits per heavy atom. The van der Waals surface area contributed by atoms with Gasteiger partial charge in [0, 0.05) is 30.1 Å². The SMILES string of the molecule is CC(C)(C)OC(=O)N1CCC(Nc2cc3ccccc3nc2-c2ccc(F)cc2)CC1. The summed E-state index contributed by atoms with van der Waals surface area (Å²) in [5, 5.41) is 4.67. The highest BCUT2D eigenvalue weighted by Crippen LogP contribution is 2.31. The van der Waals surface area contributed by atoms with E-state index in [1.165, 1.54) is 12.1 Å². The van der Waals surface area contributed by atoms with Crippen LogP contribution in [0, 0.1) is 5.82 Å². The van der Waals surface area contributed by atoms with Crippen molar-refractivity contribution in [3.8, 4) is 11.3 Å². The Balaban J connectivity index is 1.54. The molecule has 0 spiro atoms. The minimum absolute atomic E-state index is 0.209. The summed E-state index contributed by atoms with van der Waals surface area (Å²) in [5.74, 6) is -0.270. The Morgan fingerprint density at radius 2 is 1.77 bits per heavy atom. The van der Waals surface area contributed by atoms with Gasteiger partial charge in [-0.25, -0.2) is 14.2 Å². The molecule has 2 heterocycles. The number of halogens is 1. The highest BCUT2D eigenvalue weighted by atomic mass is 19.1. The first-order valence-electron chi connectivity index (χ1n) is 10.7. The third-order valence-corrected chi connectivity index (χ3v) is 5.35. The summed E-state index contributed by atoms with van der Waals surface area (Å²) < 4.78 is 18.9. The van der Waals surface area contributed by atoms with Crippen molar-refractivity contribution in [2.24, 2.45) is 0 Å². The Labute approximate surface area is 182 Å². The van der Waals surface area contributed by atoms with Crippen molar-refractivity contribution >= 4 is 22.7 Å². The van der Waals surface area contributed by atoms with Gasteiger partial charge < -0.3 is 15.0 Å². The second-order valence-electron chi connectivity index (χ2n) is 8.97. The molecule has 1 fully saturated rings. The van der Waals surface area contributed by atoms with E-state index in [1.807, 2.05) is 45.0 Å². The molecular weight excluding hydrogens is 393 g/mol. The van der Waals surface area contributed by atoms with Gasteiger partial charge in [-0.1, -0.05) is 18.2 Å². The van der Waals surface area contributed by atoms with Gasteiger partial charge in [0.1, 0.15) is 11.4 Å². The third kappa shape index (κ3) is 5.13. The molecule has 0 aliphatic carbocycles. The van der Waals surface area contributed by atoms with E-state index >= 15 is 0 Å². The number of anilines is 1. The number of piperidine rings is 1. The highest BCUT2D eigenvalue weighted by Gasteiger charge is 2.27. The Morgan fingerprint density at radius 1 is 1.10 bits per heavy atom. The highest BCUT2D eigenvalue weighted by molar-refractivity contribution is 5.89. The topological polar surface area (TPSA) is 54.5 Å². The first-order chi connectivity index (χ1) is 14.8. The van der Waals surface area contributed by atoms with Crippen molar-refractivity contribution in [2.45, 2.75) is 45.3 Å². The fraction of sp³-hybridized carbons (Fsp3) is 0.360. The number of hydrogen-bond acceptors (Lipinski definition) is 4. The Hall–Kier alpha value is -3.15. The van der Waals surface area contributed by atoms with Crippen LogP contribution in [0.1, 0.15) is 33.6 Å². The van der Waals surface area contributed by atoms with E-state index in [1.54, 1.807) is 17.0 Å². The lowest BCUT2D eigenvalue weighted by molar-refractivity contribution is 0.0210. The smallest absolute Gasteiger partial charge is 0.410 e. The fourth-order valence-corrected chi connectivity index (χ4v) is 3.81. The van der Waals surface area contributed by atoms with Crippen LogP contribution in [-0.2, 0) is 4.74 Å². The molecule has 4 rings (SSSR count). The average Bonchev–Trinajstić information content (AvgIpc) is 2.73. The summed E-state index contributed by atoms with van der Waals surface area (Å²) in [6, 6.07) is 16.7. The zero-order valence-electron chi connectivity index (χ0n) is 18.2. The quantitative estimate of drug-likeness (QED) is 0.576. The predicted molar refractivity (Wildman–Crippen MR) is 122 cm³/mol. The van der Waals surface area contributed by atoms with Gasteiger partial charge in [-0.15, -0.1) is 0 Å². The number of rotatable bonds is 3. The molecule has 1 aliphatic heterocycles. The zero-order valence-corrected chi connectivity index (χ0v) is 18.2. The fourth-order valence-electron chi connectivity index (χ4n) is 3.81. The molecule has 31 heavy (non-hydrogen) atoms. The molecule has 0 bridgehead atoms. The van der Waals surface area contributed by atoms with Crippen LogP contribution >= 0.6 is 0 Å². The van der Waals surface area contributed by atoms with E-state index in [9.17, 15) is 9.18 Å². The van der Waals surface area contributed by atoms with E-state index in [0.717, 1.165) is 40.7 Å². The number of amides is 1. The second-order valence-corrected chi connectivity index (χ2v) is 8.97.